The highest BCUT2D eigenvalue weighted by Gasteiger charge is 2.27. The van der Waals surface area contributed by atoms with Gasteiger partial charge in [0.25, 0.3) is 0 Å². The lowest BCUT2D eigenvalue weighted by Gasteiger charge is -2.35. The Labute approximate surface area is 171 Å². The summed E-state index contributed by atoms with van der Waals surface area (Å²) < 4.78 is 10.3. The third-order valence-corrected chi connectivity index (χ3v) is 4.82. The van der Waals surface area contributed by atoms with E-state index in [1.165, 1.54) is 11.3 Å². The second-order valence-corrected chi connectivity index (χ2v) is 8.25. The van der Waals surface area contributed by atoms with Crippen molar-refractivity contribution in [3.63, 3.8) is 0 Å². The average Bonchev–Trinajstić information content (AvgIpc) is 3.30. The van der Waals surface area contributed by atoms with Crippen LogP contribution in [-0.2, 0) is 20.8 Å². The smallest absolute Gasteiger partial charge is 0.410 e. The molecule has 1 aliphatic heterocycles. The van der Waals surface area contributed by atoms with Crippen LogP contribution in [0.4, 0.5) is 9.93 Å². The quantitative estimate of drug-likeness (QED) is 0.636. The first kappa shape index (κ1) is 20.9. The van der Waals surface area contributed by atoms with Gasteiger partial charge in [0.2, 0.25) is 11.0 Å². The number of tetrazole rings is 1. The largest absolute Gasteiger partial charge is 0.465 e. The molecule has 0 unspecified atom stereocenters. The summed E-state index contributed by atoms with van der Waals surface area (Å²) in [6, 6.07) is 0. The number of amides is 1. The van der Waals surface area contributed by atoms with Gasteiger partial charge in [-0.15, -0.1) is 20.4 Å². The monoisotopic (exact) mass is 424 g/mol. The Morgan fingerprint density at radius 1 is 1.10 bits per heavy atom. The summed E-state index contributed by atoms with van der Waals surface area (Å²) in [5.41, 5.74) is -0.514. The van der Waals surface area contributed by atoms with Crippen molar-refractivity contribution in [2.75, 3.05) is 37.7 Å². The number of aromatic nitrogens is 6. The first-order chi connectivity index (χ1) is 13.7. The lowest BCUT2D eigenvalue weighted by atomic mass is 10.2. The van der Waals surface area contributed by atoms with E-state index in [0.717, 1.165) is 4.80 Å². The minimum absolute atomic E-state index is 0.112. The van der Waals surface area contributed by atoms with Crippen LogP contribution >= 0.6 is 11.3 Å². The molecule has 0 bridgehead atoms. The SMILES string of the molecule is CCOC(=O)Cn1nnc(-c2nnc(N3CCN(C(=O)OC(C)(C)C)CC3)s2)n1. The predicted molar refractivity (Wildman–Crippen MR) is 103 cm³/mol. The highest BCUT2D eigenvalue weighted by Crippen LogP contribution is 2.27. The number of nitrogens with zero attached hydrogens (tertiary/aromatic N) is 8. The third kappa shape index (κ3) is 5.59. The molecule has 3 rings (SSSR count). The summed E-state index contributed by atoms with van der Waals surface area (Å²) in [6.45, 7) is 9.78. The number of ether oxygens (including phenoxy) is 2. The van der Waals surface area contributed by atoms with Gasteiger partial charge in [0, 0.05) is 26.2 Å². The molecule has 1 aliphatic rings. The number of hydrogen-bond acceptors (Lipinski definition) is 11. The van der Waals surface area contributed by atoms with Crippen LogP contribution in [0.15, 0.2) is 0 Å². The van der Waals surface area contributed by atoms with Gasteiger partial charge in [-0.1, -0.05) is 11.3 Å². The minimum atomic E-state index is -0.514. The van der Waals surface area contributed by atoms with Crippen molar-refractivity contribution in [1.82, 2.24) is 35.3 Å². The van der Waals surface area contributed by atoms with Crippen LogP contribution in [0, 0.1) is 0 Å². The van der Waals surface area contributed by atoms with Crippen molar-refractivity contribution >= 4 is 28.5 Å². The lowest BCUT2D eigenvalue weighted by molar-refractivity contribution is -0.144. The van der Waals surface area contributed by atoms with E-state index in [1.54, 1.807) is 11.8 Å². The Morgan fingerprint density at radius 3 is 2.48 bits per heavy atom. The molecule has 3 heterocycles. The zero-order chi connectivity index (χ0) is 21.0. The van der Waals surface area contributed by atoms with Gasteiger partial charge >= 0.3 is 12.1 Å². The highest BCUT2D eigenvalue weighted by molar-refractivity contribution is 7.18. The molecule has 0 radical (unpaired) electrons. The molecular formula is C16H24N8O4S. The van der Waals surface area contributed by atoms with Gasteiger partial charge < -0.3 is 19.3 Å². The molecule has 1 fully saturated rings. The van der Waals surface area contributed by atoms with E-state index in [9.17, 15) is 9.59 Å². The van der Waals surface area contributed by atoms with Crippen LogP contribution in [0.2, 0.25) is 0 Å². The van der Waals surface area contributed by atoms with Crippen molar-refractivity contribution in [2.24, 2.45) is 0 Å². The summed E-state index contributed by atoms with van der Waals surface area (Å²) in [5, 5.41) is 21.4. The van der Waals surface area contributed by atoms with Crippen molar-refractivity contribution in [2.45, 2.75) is 39.8 Å². The maximum Gasteiger partial charge on any atom is 0.410 e. The Kier molecular flexibility index (Phi) is 6.25. The van der Waals surface area contributed by atoms with E-state index in [4.69, 9.17) is 9.47 Å². The van der Waals surface area contributed by atoms with E-state index < -0.39 is 11.6 Å². The predicted octanol–water partition coefficient (Wildman–Crippen LogP) is 0.812. The summed E-state index contributed by atoms with van der Waals surface area (Å²) in [5.74, 6) is -0.136. The molecule has 158 valence electrons. The molecule has 2 aromatic rings. The standard InChI is InChI=1S/C16H24N8O4S/c1-5-27-11(25)10-24-20-12(17-21-24)13-18-19-14(29-13)22-6-8-23(9-7-22)15(26)28-16(2,3)4/h5-10H2,1-4H3. The van der Waals surface area contributed by atoms with E-state index in [0.29, 0.717) is 48.7 Å². The first-order valence-corrected chi connectivity index (χ1v) is 10.1. The van der Waals surface area contributed by atoms with Crippen LogP contribution in [-0.4, -0.2) is 85.8 Å². The molecule has 13 heteroatoms. The first-order valence-electron chi connectivity index (χ1n) is 9.25. The van der Waals surface area contributed by atoms with Crippen LogP contribution in [0.5, 0.6) is 0 Å². The number of piperazine rings is 1. The number of rotatable bonds is 5. The van der Waals surface area contributed by atoms with E-state index in [2.05, 4.69) is 25.6 Å². The van der Waals surface area contributed by atoms with Crippen LogP contribution in [0.25, 0.3) is 10.8 Å². The average molecular weight is 424 g/mol. The molecule has 1 amide bonds. The molecule has 12 nitrogen and oxygen atoms in total. The fraction of sp³-hybridized carbons (Fsp3) is 0.688. The van der Waals surface area contributed by atoms with Gasteiger partial charge in [-0.3, -0.25) is 0 Å². The van der Waals surface area contributed by atoms with Crippen molar-refractivity contribution < 1.29 is 19.1 Å². The van der Waals surface area contributed by atoms with Gasteiger partial charge in [0.1, 0.15) is 5.60 Å². The van der Waals surface area contributed by atoms with Gasteiger partial charge in [0.15, 0.2) is 11.6 Å². The Morgan fingerprint density at radius 2 is 1.83 bits per heavy atom. The molecule has 29 heavy (non-hydrogen) atoms. The fourth-order valence-corrected chi connectivity index (χ4v) is 3.38. The fourth-order valence-electron chi connectivity index (χ4n) is 2.56. The summed E-state index contributed by atoms with van der Waals surface area (Å²) in [7, 11) is 0. The van der Waals surface area contributed by atoms with Crippen LogP contribution in [0.1, 0.15) is 27.7 Å². The Balaban J connectivity index is 1.57. The second kappa shape index (κ2) is 8.68. The van der Waals surface area contributed by atoms with E-state index >= 15 is 0 Å². The molecule has 2 aromatic heterocycles. The summed E-state index contributed by atoms with van der Waals surface area (Å²) >= 11 is 1.33. The van der Waals surface area contributed by atoms with E-state index in [-0.39, 0.29) is 12.6 Å². The van der Waals surface area contributed by atoms with E-state index in [1.807, 2.05) is 25.7 Å². The Bertz CT molecular complexity index is 853. The van der Waals surface area contributed by atoms with Crippen LogP contribution in [0.3, 0.4) is 0 Å². The number of hydrogen-bond donors (Lipinski definition) is 0. The molecular weight excluding hydrogens is 400 g/mol. The number of carbonyl (C=O) groups is 2. The molecule has 0 spiro atoms. The topological polar surface area (TPSA) is 128 Å². The molecule has 0 aliphatic carbocycles. The normalized spacial score (nSPS) is 14.8. The molecule has 0 atom stereocenters. The highest BCUT2D eigenvalue weighted by atomic mass is 32.1. The number of esters is 1. The van der Waals surface area contributed by atoms with Gasteiger partial charge in [-0.05, 0) is 32.9 Å². The van der Waals surface area contributed by atoms with Crippen molar-refractivity contribution in [3.8, 4) is 10.8 Å². The summed E-state index contributed by atoms with van der Waals surface area (Å²) in [4.78, 5) is 28.6. The molecule has 0 N–H and O–H groups in total. The van der Waals surface area contributed by atoms with Crippen molar-refractivity contribution in [1.29, 1.82) is 0 Å². The Hall–Kier alpha value is -2.83. The second-order valence-electron chi connectivity index (χ2n) is 7.29. The van der Waals surface area contributed by atoms with Gasteiger partial charge in [-0.2, -0.15) is 4.80 Å². The van der Waals surface area contributed by atoms with Gasteiger partial charge in [-0.25, -0.2) is 9.59 Å². The maximum absolute atomic E-state index is 12.2. The summed E-state index contributed by atoms with van der Waals surface area (Å²) in [6.07, 6.45) is -0.308. The number of anilines is 1. The minimum Gasteiger partial charge on any atom is -0.465 e. The maximum atomic E-state index is 12.2. The van der Waals surface area contributed by atoms with Crippen molar-refractivity contribution in [3.05, 3.63) is 0 Å². The van der Waals surface area contributed by atoms with Gasteiger partial charge in [0.05, 0.1) is 6.61 Å². The zero-order valence-corrected chi connectivity index (χ0v) is 17.7. The zero-order valence-electron chi connectivity index (χ0n) is 16.9. The molecule has 0 saturated carbocycles. The number of carbonyl (C=O) groups excluding carboxylic acids is 2. The third-order valence-electron chi connectivity index (χ3n) is 3.84. The van der Waals surface area contributed by atoms with Crippen LogP contribution < -0.4 is 4.90 Å². The lowest BCUT2D eigenvalue weighted by Crippen LogP contribution is -2.50. The molecule has 0 aromatic carbocycles. The molecule has 1 saturated heterocycles.